The molecule has 4 nitrogen and oxygen atoms in total. The van der Waals surface area contributed by atoms with Gasteiger partial charge in [-0.3, -0.25) is 4.79 Å². The van der Waals surface area contributed by atoms with E-state index in [-0.39, 0.29) is 0 Å². The van der Waals surface area contributed by atoms with Crippen LogP contribution in [0.3, 0.4) is 0 Å². The highest BCUT2D eigenvalue weighted by Crippen LogP contribution is 2.25. The van der Waals surface area contributed by atoms with Gasteiger partial charge in [0, 0.05) is 5.69 Å². The summed E-state index contributed by atoms with van der Waals surface area (Å²) in [7, 11) is 0. The number of carbonyl (C=O) groups is 1. The molecule has 0 aliphatic heterocycles. The monoisotopic (exact) mass is 206 g/mol. The minimum atomic E-state index is -0.818. The molecule has 1 unspecified atom stereocenters. The van der Waals surface area contributed by atoms with Crippen LogP contribution in [0.2, 0.25) is 0 Å². The van der Waals surface area contributed by atoms with Crippen molar-refractivity contribution in [3.05, 3.63) is 23.3 Å². The lowest BCUT2D eigenvalue weighted by Crippen LogP contribution is -2.16. The number of fused-ring (bicyclic) bond motifs is 1. The van der Waals surface area contributed by atoms with E-state index in [9.17, 15) is 4.79 Å². The summed E-state index contributed by atoms with van der Waals surface area (Å²) < 4.78 is 0. The molecule has 4 heteroatoms. The topological polar surface area (TPSA) is 63.1 Å². The zero-order valence-corrected chi connectivity index (χ0v) is 8.73. The Morgan fingerprint density at radius 1 is 1.40 bits per heavy atom. The van der Waals surface area contributed by atoms with E-state index < -0.39 is 11.9 Å². The maximum Gasteiger partial charge on any atom is 0.312 e. The molecule has 0 aromatic carbocycles. The molecule has 1 N–H and O–H groups in total. The van der Waals surface area contributed by atoms with E-state index in [1.807, 2.05) is 0 Å². The van der Waals surface area contributed by atoms with Gasteiger partial charge in [-0.1, -0.05) is 0 Å². The number of hydrogen-bond donors (Lipinski definition) is 1. The number of nitrogens with zero attached hydrogens (tertiary/aromatic N) is 2. The van der Waals surface area contributed by atoms with Gasteiger partial charge in [0.15, 0.2) is 0 Å². The van der Waals surface area contributed by atoms with Crippen molar-refractivity contribution in [2.45, 2.75) is 38.5 Å². The number of aryl methyl sites for hydroxylation is 1. The number of rotatable bonds is 2. The minimum absolute atomic E-state index is 0.528. The van der Waals surface area contributed by atoms with E-state index in [2.05, 4.69) is 9.97 Å². The van der Waals surface area contributed by atoms with Crippen LogP contribution in [0.5, 0.6) is 0 Å². The van der Waals surface area contributed by atoms with Gasteiger partial charge in [-0.25, -0.2) is 9.97 Å². The van der Waals surface area contributed by atoms with Gasteiger partial charge < -0.3 is 5.11 Å². The number of carboxylic acids is 1. The van der Waals surface area contributed by atoms with Crippen molar-refractivity contribution in [2.75, 3.05) is 0 Å². The summed E-state index contributed by atoms with van der Waals surface area (Å²) in [6.45, 7) is 1.68. The summed E-state index contributed by atoms with van der Waals surface area (Å²) in [5.74, 6) is -1.35. The molecule has 1 atom stereocenters. The van der Waals surface area contributed by atoms with Crippen LogP contribution in [0.25, 0.3) is 0 Å². The first-order valence-corrected chi connectivity index (χ1v) is 5.25. The fourth-order valence-electron chi connectivity index (χ4n) is 2.04. The van der Waals surface area contributed by atoms with Crippen LogP contribution in [-0.4, -0.2) is 21.0 Å². The largest absolute Gasteiger partial charge is 0.481 e. The quantitative estimate of drug-likeness (QED) is 0.797. The van der Waals surface area contributed by atoms with Gasteiger partial charge >= 0.3 is 5.97 Å². The Bertz CT molecular complexity index is 390. The molecule has 0 bridgehead atoms. The molecule has 1 aromatic rings. The predicted octanol–water partition coefficient (Wildman–Crippen LogP) is 1.54. The van der Waals surface area contributed by atoms with Crippen LogP contribution >= 0.6 is 0 Å². The lowest BCUT2D eigenvalue weighted by atomic mass is 9.91. The van der Waals surface area contributed by atoms with E-state index in [1.165, 1.54) is 6.33 Å². The molecule has 0 saturated carbocycles. The van der Waals surface area contributed by atoms with Crippen molar-refractivity contribution < 1.29 is 9.90 Å². The minimum Gasteiger partial charge on any atom is -0.481 e. The van der Waals surface area contributed by atoms with Crippen LogP contribution in [-0.2, 0) is 17.6 Å². The second-order valence-electron chi connectivity index (χ2n) is 3.95. The van der Waals surface area contributed by atoms with Gasteiger partial charge in [0.05, 0.1) is 11.6 Å². The van der Waals surface area contributed by atoms with Gasteiger partial charge in [0.25, 0.3) is 0 Å². The maximum absolute atomic E-state index is 10.9. The molecule has 0 amide bonds. The lowest BCUT2D eigenvalue weighted by Gasteiger charge is -2.18. The average molecular weight is 206 g/mol. The first-order valence-electron chi connectivity index (χ1n) is 5.25. The van der Waals surface area contributed by atoms with Gasteiger partial charge in [-0.2, -0.15) is 0 Å². The van der Waals surface area contributed by atoms with Crippen molar-refractivity contribution >= 4 is 5.97 Å². The van der Waals surface area contributed by atoms with Crippen LogP contribution < -0.4 is 0 Å². The fourth-order valence-corrected chi connectivity index (χ4v) is 2.04. The van der Waals surface area contributed by atoms with E-state index in [4.69, 9.17) is 5.11 Å². The normalized spacial score (nSPS) is 16.9. The zero-order chi connectivity index (χ0) is 10.8. The van der Waals surface area contributed by atoms with Gasteiger partial charge in [0.1, 0.15) is 6.33 Å². The molecule has 1 aromatic heterocycles. The average Bonchev–Trinajstić information content (AvgIpc) is 2.27. The summed E-state index contributed by atoms with van der Waals surface area (Å²) >= 11 is 0. The molecule has 1 aliphatic carbocycles. The Morgan fingerprint density at radius 2 is 2.13 bits per heavy atom. The molecule has 80 valence electrons. The van der Waals surface area contributed by atoms with E-state index in [1.54, 1.807) is 6.92 Å². The Morgan fingerprint density at radius 3 is 2.87 bits per heavy atom. The van der Waals surface area contributed by atoms with Crippen LogP contribution in [0.15, 0.2) is 6.33 Å². The number of aliphatic carboxylic acids is 1. The van der Waals surface area contributed by atoms with Crippen LogP contribution in [0.1, 0.15) is 42.6 Å². The van der Waals surface area contributed by atoms with Crippen molar-refractivity contribution in [1.82, 2.24) is 9.97 Å². The molecule has 0 saturated heterocycles. The fraction of sp³-hybridized carbons (Fsp3) is 0.545. The highest BCUT2D eigenvalue weighted by molar-refractivity contribution is 5.75. The van der Waals surface area contributed by atoms with Gasteiger partial charge in [-0.15, -0.1) is 0 Å². The van der Waals surface area contributed by atoms with Crippen LogP contribution in [0.4, 0.5) is 0 Å². The molecule has 15 heavy (non-hydrogen) atoms. The van der Waals surface area contributed by atoms with Crippen molar-refractivity contribution in [1.29, 1.82) is 0 Å². The van der Waals surface area contributed by atoms with Crippen molar-refractivity contribution in [3.63, 3.8) is 0 Å². The first-order chi connectivity index (χ1) is 7.20. The Labute approximate surface area is 88.4 Å². The summed E-state index contributed by atoms with van der Waals surface area (Å²) in [6.07, 6.45) is 5.61. The SMILES string of the molecule is CC(C(=O)O)c1ncnc2c1CCCC2. The first kappa shape index (κ1) is 10.1. The van der Waals surface area contributed by atoms with Crippen molar-refractivity contribution in [2.24, 2.45) is 0 Å². The summed E-state index contributed by atoms with van der Waals surface area (Å²) in [5, 5.41) is 8.98. The third kappa shape index (κ3) is 1.84. The standard InChI is InChI=1S/C11H14N2O2/c1-7(11(14)15)10-8-4-2-3-5-9(8)12-6-13-10/h6-7H,2-5H2,1H3,(H,14,15). The number of aromatic nitrogens is 2. The predicted molar refractivity (Wildman–Crippen MR) is 54.7 cm³/mol. The second-order valence-corrected chi connectivity index (χ2v) is 3.95. The lowest BCUT2D eigenvalue weighted by molar-refractivity contribution is -0.138. The zero-order valence-electron chi connectivity index (χ0n) is 8.73. The number of carboxylic acid groups (broad SMARTS) is 1. The summed E-state index contributed by atoms with van der Waals surface area (Å²) in [6, 6.07) is 0. The van der Waals surface area contributed by atoms with Crippen molar-refractivity contribution in [3.8, 4) is 0 Å². The maximum atomic E-state index is 10.9. The smallest absolute Gasteiger partial charge is 0.312 e. The van der Waals surface area contributed by atoms with Gasteiger partial charge in [-0.05, 0) is 38.2 Å². The molecule has 0 fully saturated rings. The molecule has 0 spiro atoms. The van der Waals surface area contributed by atoms with Gasteiger partial charge in [0.2, 0.25) is 0 Å². The van der Waals surface area contributed by atoms with E-state index in [0.29, 0.717) is 5.69 Å². The third-order valence-corrected chi connectivity index (χ3v) is 2.94. The second kappa shape index (κ2) is 3.96. The molecule has 1 heterocycles. The Kier molecular flexibility index (Phi) is 2.66. The van der Waals surface area contributed by atoms with Crippen LogP contribution in [0, 0.1) is 0 Å². The molecule has 1 aliphatic rings. The van der Waals surface area contributed by atoms with E-state index in [0.717, 1.165) is 36.9 Å². The molecule has 0 radical (unpaired) electrons. The number of hydrogen-bond acceptors (Lipinski definition) is 3. The van der Waals surface area contributed by atoms with E-state index >= 15 is 0 Å². The highest BCUT2D eigenvalue weighted by atomic mass is 16.4. The Hall–Kier alpha value is -1.45. The summed E-state index contributed by atoms with van der Waals surface area (Å²) in [5.41, 5.74) is 2.81. The molecular weight excluding hydrogens is 192 g/mol. The molecular formula is C11H14N2O2. The third-order valence-electron chi connectivity index (χ3n) is 2.94. The summed E-state index contributed by atoms with van der Waals surface area (Å²) in [4.78, 5) is 19.3. The highest BCUT2D eigenvalue weighted by Gasteiger charge is 2.23. The molecule has 2 rings (SSSR count). The Balaban J connectivity index is 2.43.